The molecule has 0 aliphatic rings. The summed E-state index contributed by atoms with van der Waals surface area (Å²) in [5, 5.41) is 3.91. The third-order valence-corrected chi connectivity index (χ3v) is 3.00. The number of likely N-dealkylation sites (N-methyl/N-ethyl adjacent to an activating group) is 1. The van der Waals surface area contributed by atoms with E-state index in [4.69, 9.17) is 11.6 Å². The van der Waals surface area contributed by atoms with Gasteiger partial charge in [-0.2, -0.15) is 0 Å². The lowest BCUT2D eigenvalue weighted by Gasteiger charge is -2.09. The first-order valence-corrected chi connectivity index (χ1v) is 6.35. The minimum atomic E-state index is 0.764. The van der Waals surface area contributed by atoms with Crippen LogP contribution in [0.15, 0.2) is 60.7 Å². The van der Waals surface area contributed by atoms with Gasteiger partial charge in [0.1, 0.15) is 0 Å². The Kier molecular flexibility index (Phi) is 4.57. The molecule has 0 saturated carbocycles. The van der Waals surface area contributed by atoms with Crippen molar-refractivity contribution in [3.05, 3.63) is 76.8 Å². The average molecular weight is 258 g/mol. The summed E-state index contributed by atoms with van der Waals surface area (Å²) in [6.07, 6.45) is 2.19. The Morgan fingerprint density at radius 3 is 2.22 bits per heavy atom. The zero-order valence-corrected chi connectivity index (χ0v) is 11.1. The molecule has 2 aromatic carbocycles. The third-order valence-electron chi connectivity index (χ3n) is 2.75. The number of nitrogens with one attached hydrogen (secondary N) is 1. The lowest BCUT2D eigenvalue weighted by atomic mass is 9.97. The summed E-state index contributed by atoms with van der Waals surface area (Å²) < 4.78 is 0. The third kappa shape index (κ3) is 3.22. The van der Waals surface area contributed by atoms with Crippen LogP contribution in [0.5, 0.6) is 0 Å². The van der Waals surface area contributed by atoms with Crippen LogP contribution in [0.25, 0.3) is 5.57 Å². The van der Waals surface area contributed by atoms with E-state index in [0.29, 0.717) is 0 Å². The molecule has 0 fully saturated rings. The summed E-state index contributed by atoms with van der Waals surface area (Å²) in [6, 6.07) is 18.3. The van der Waals surface area contributed by atoms with Gasteiger partial charge in [0.15, 0.2) is 0 Å². The van der Waals surface area contributed by atoms with Crippen LogP contribution >= 0.6 is 11.6 Å². The molecule has 0 amide bonds. The molecule has 1 N–H and O–H groups in total. The van der Waals surface area contributed by atoms with Crippen molar-refractivity contribution in [1.82, 2.24) is 5.32 Å². The number of hydrogen-bond donors (Lipinski definition) is 1. The topological polar surface area (TPSA) is 12.0 Å². The molecule has 0 radical (unpaired) electrons. The van der Waals surface area contributed by atoms with Gasteiger partial charge in [0.2, 0.25) is 0 Å². The molecule has 2 rings (SSSR count). The highest BCUT2D eigenvalue weighted by molar-refractivity contribution is 6.30. The largest absolute Gasteiger partial charge is 0.316 e. The second kappa shape index (κ2) is 6.39. The fourth-order valence-electron chi connectivity index (χ4n) is 1.85. The molecule has 0 unspecified atom stereocenters. The maximum atomic E-state index is 5.93. The minimum absolute atomic E-state index is 0.764. The normalized spacial score (nSPS) is 11.6. The van der Waals surface area contributed by atoms with Crippen LogP contribution in [0.2, 0.25) is 5.02 Å². The molecule has 0 bridgehead atoms. The van der Waals surface area contributed by atoms with Crippen molar-refractivity contribution in [2.75, 3.05) is 13.6 Å². The van der Waals surface area contributed by atoms with Crippen molar-refractivity contribution in [2.45, 2.75) is 0 Å². The van der Waals surface area contributed by atoms with Gasteiger partial charge in [-0.25, -0.2) is 0 Å². The monoisotopic (exact) mass is 257 g/mol. The lowest BCUT2D eigenvalue weighted by Crippen LogP contribution is -2.05. The number of halogens is 1. The molecule has 0 atom stereocenters. The maximum absolute atomic E-state index is 5.93. The van der Waals surface area contributed by atoms with Gasteiger partial charge in [0.05, 0.1) is 0 Å². The predicted molar refractivity (Wildman–Crippen MR) is 78.9 cm³/mol. The Labute approximate surface area is 113 Å². The van der Waals surface area contributed by atoms with E-state index in [9.17, 15) is 0 Å². The predicted octanol–water partition coefficient (Wildman–Crippen LogP) is 3.99. The Bertz CT molecular complexity index is 515. The van der Waals surface area contributed by atoms with E-state index in [0.717, 1.165) is 11.6 Å². The summed E-state index contributed by atoms with van der Waals surface area (Å²) >= 11 is 5.93. The standard InChI is InChI=1S/C16H16ClN/c1-18-12-11-16(13-5-3-2-4-6-13)14-7-9-15(17)10-8-14/h2-11,18H,12H2,1H3/b16-11+. The molecule has 0 aromatic heterocycles. The van der Waals surface area contributed by atoms with Gasteiger partial charge in [0.25, 0.3) is 0 Å². The number of hydrogen-bond acceptors (Lipinski definition) is 1. The number of rotatable bonds is 4. The van der Waals surface area contributed by atoms with Crippen LogP contribution in [0.3, 0.4) is 0 Å². The first-order chi connectivity index (χ1) is 8.81. The summed E-state index contributed by atoms with van der Waals surface area (Å²) in [5.74, 6) is 0. The molecule has 2 heteroatoms. The van der Waals surface area contributed by atoms with Crippen LogP contribution < -0.4 is 5.32 Å². The highest BCUT2D eigenvalue weighted by atomic mass is 35.5. The molecule has 18 heavy (non-hydrogen) atoms. The molecular formula is C16H16ClN. The van der Waals surface area contributed by atoms with Gasteiger partial charge in [-0.15, -0.1) is 0 Å². The van der Waals surface area contributed by atoms with Gasteiger partial charge in [-0.3, -0.25) is 0 Å². The fourth-order valence-corrected chi connectivity index (χ4v) is 1.98. The van der Waals surface area contributed by atoms with E-state index in [-0.39, 0.29) is 0 Å². The van der Waals surface area contributed by atoms with E-state index in [1.54, 1.807) is 0 Å². The van der Waals surface area contributed by atoms with Crippen LogP contribution in [-0.2, 0) is 0 Å². The smallest absolute Gasteiger partial charge is 0.0406 e. The van der Waals surface area contributed by atoms with Crippen molar-refractivity contribution in [1.29, 1.82) is 0 Å². The zero-order chi connectivity index (χ0) is 12.8. The van der Waals surface area contributed by atoms with Crippen LogP contribution in [0.1, 0.15) is 11.1 Å². The molecule has 0 aliphatic carbocycles. The second-order valence-electron chi connectivity index (χ2n) is 4.05. The van der Waals surface area contributed by atoms with E-state index in [1.165, 1.54) is 16.7 Å². The summed E-state index contributed by atoms with van der Waals surface area (Å²) in [5.41, 5.74) is 3.62. The van der Waals surface area contributed by atoms with Gasteiger partial charge < -0.3 is 5.32 Å². The SMILES string of the molecule is CNC/C=C(\c1ccccc1)c1ccc(Cl)cc1. The first kappa shape index (κ1) is 12.9. The van der Waals surface area contributed by atoms with Gasteiger partial charge in [-0.1, -0.05) is 60.1 Å². The Morgan fingerprint density at radius 1 is 1.00 bits per heavy atom. The van der Waals surface area contributed by atoms with E-state index < -0.39 is 0 Å². The Hall–Kier alpha value is -1.57. The fraction of sp³-hybridized carbons (Fsp3) is 0.125. The Balaban J connectivity index is 2.40. The van der Waals surface area contributed by atoms with Gasteiger partial charge >= 0.3 is 0 Å². The molecular weight excluding hydrogens is 242 g/mol. The summed E-state index contributed by atoms with van der Waals surface area (Å²) in [7, 11) is 1.95. The zero-order valence-electron chi connectivity index (χ0n) is 10.4. The van der Waals surface area contributed by atoms with Crippen molar-refractivity contribution in [3.63, 3.8) is 0 Å². The molecule has 1 nitrogen and oxygen atoms in total. The highest BCUT2D eigenvalue weighted by Crippen LogP contribution is 2.24. The van der Waals surface area contributed by atoms with Gasteiger partial charge in [-0.05, 0) is 35.9 Å². The van der Waals surface area contributed by atoms with Crippen molar-refractivity contribution < 1.29 is 0 Å². The molecule has 92 valence electrons. The summed E-state index contributed by atoms with van der Waals surface area (Å²) in [6.45, 7) is 0.840. The Morgan fingerprint density at radius 2 is 1.61 bits per heavy atom. The molecule has 0 saturated heterocycles. The molecule has 0 spiro atoms. The van der Waals surface area contributed by atoms with E-state index >= 15 is 0 Å². The van der Waals surface area contributed by atoms with E-state index in [1.807, 2.05) is 25.2 Å². The highest BCUT2D eigenvalue weighted by Gasteiger charge is 2.03. The van der Waals surface area contributed by atoms with Crippen LogP contribution in [0, 0.1) is 0 Å². The molecule has 0 heterocycles. The van der Waals surface area contributed by atoms with Crippen LogP contribution in [0.4, 0.5) is 0 Å². The van der Waals surface area contributed by atoms with Crippen molar-refractivity contribution in [2.24, 2.45) is 0 Å². The maximum Gasteiger partial charge on any atom is 0.0406 e. The molecule has 2 aromatic rings. The number of benzene rings is 2. The minimum Gasteiger partial charge on any atom is -0.316 e. The van der Waals surface area contributed by atoms with Crippen molar-refractivity contribution >= 4 is 17.2 Å². The molecule has 0 aliphatic heterocycles. The average Bonchev–Trinajstić information content (AvgIpc) is 2.42. The van der Waals surface area contributed by atoms with Gasteiger partial charge in [0, 0.05) is 11.6 Å². The van der Waals surface area contributed by atoms with Crippen LogP contribution in [-0.4, -0.2) is 13.6 Å². The van der Waals surface area contributed by atoms with Crippen molar-refractivity contribution in [3.8, 4) is 0 Å². The first-order valence-electron chi connectivity index (χ1n) is 5.97. The summed E-state index contributed by atoms with van der Waals surface area (Å²) in [4.78, 5) is 0. The quantitative estimate of drug-likeness (QED) is 0.873. The lowest BCUT2D eigenvalue weighted by molar-refractivity contribution is 0.920. The van der Waals surface area contributed by atoms with E-state index in [2.05, 4.69) is 47.8 Å². The second-order valence-corrected chi connectivity index (χ2v) is 4.48.